The van der Waals surface area contributed by atoms with Crippen molar-refractivity contribution in [3.8, 4) is 0 Å². The predicted octanol–water partition coefficient (Wildman–Crippen LogP) is 2.77. The number of nitrogens with zero attached hydrogens (tertiary/aromatic N) is 1. The Morgan fingerprint density at radius 2 is 2.11 bits per heavy atom. The first-order chi connectivity index (χ1) is 8.32. The van der Waals surface area contributed by atoms with Crippen LogP contribution in [0.25, 0.3) is 0 Å². The van der Waals surface area contributed by atoms with Gasteiger partial charge >= 0.3 is 5.97 Å². The maximum Gasteiger partial charge on any atom is 0.326 e. The summed E-state index contributed by atoms with van der Waals surface area (Å²) < 4.78 is 0. The molecule has 1 atom stereocenters. The van der Waals surface area contributed by atoms with Gasteiger partial charge in [0, 0.05) is 11.1 Å². The molecule has 0 aliphatic heterocycles. The van der Waals surface area contributed by atoms with Gasteiger partial charge in [-0.2, -0.15) is 0 Å². The molecule has 1 rings (SSSR count). The number of anilines is 1. The molecule has 1 aromatic carbocycles. The second kappa shape index (κ2) is 5.68. The molecular formula is C11H13ClN2O4. The third-order valence-corrected chi connectivity index (χ3v) is 2.63. The fourth-order valence-corrected chi connectivity index (χ4v) is 1.64. The van der Waals surface area contributed by atoms with Gasteiger partial charge in [0.15, 0.2) is 0 Å². The minimum Gasteiger partial charge on any atom is -0.480 e. The number of nitro groups is 1. The van der Waals surface area contributed by atoms with Gasteiger partial charge in [0.25, 0.3) is 5.69 Å². The van der Waals surface area contributed by atoms with E-state index in [0.717, 1.165) is 0 Å². The number of carbonyl (C=O) groups is 1. The maximum atomic E-state index is 11.0. The number of rotatable bonds is 5. The first kappa shape index (κ1) is 14.2. The number of aliphatic carboxylic acids is 1. The molecule has 0 bridgehead atoms. The van der Waals surface area contributed by atoms with E-state index in [2.05, 4.69) is 5.32 Å². The second-order valence-corrected chi connectivity index (χ2v) is 4.56. The van der Waals surface area contributed by atoms with Crippen molar-refractivity contribution < 1.29 is 14.8 Å². The third kappa shape index (κ3) is 3.33. The van der Waals surface area contributed by atoms with Crippen LogP contribution in [-0.2, 0) is 4.79 Å². The lowest BCUT2D eigenvalue weighted by atomic mass is 10.0. The number of nitrogens with one attached hydrogen (secondary N) is 1. The van der Waals surface area contributed by atoms with E-state index >= 15 is 0 Å². The van der Waals surface area contributed by atoms with Crippen LogP contribution in [0.1, 0.15) is 13.8 Å². The van der Waals surface area contributed by atoms with Crippen LogP contribution >= 0.6 is 11.6 Å². The van der Waals surface area contributed by atoms with Gasteiger partial charge in [-0.05, 0) is 18.1 Å². The van der Waals surface area contributed by atoms with E-state index in [0.29, 0.717) is 5.02 Å². The largest absolute Gasteiger partial charge is 0.480 e. The number of hydrogen-bond acceptors (Lipinski definition) is 4. The highest BCUT2D eigenvalue weighted by molar-refractivity contribution is 6.31. The summed E-state index contributed by atoms with van der Waals surface area (Å²) in [6, 6.07) is 3.06. The monoisotopic (exact) mass is 272 g/mol. The zero-order valence-electron chi connectivity index (χ0n) is 9.88. The molecule has 98 valence electrons. The first-order valence-electron chi connectivity index (χ1n) is 5.26. The lowest BCUT2D eigenvalue weighted by Gasteiger charge is -2.19. The molecule has 0 saturated carbocycles. The summed E-state index contributed by atoms with van der Waals surface area (Å²) in [5.41, 5.74) is -0.0973. The zero-order chi connectivity index (χ0) is 13.9. The van der Waals surface area contributed by atoms with Crippen molar-refractivity contribution in [2.24, 2.45) is 5.92 Å². The molecule has 7 heteroatoms. The number of benzene rings is 1. The third-order valence-electron chi connectivity index (χ3n) is 2.40. The van der Waals surface area contributed by atoms with Crippen LogP contribution in [0.2, 0.25) is 5.02 Å². The van der Waals surface area contributed by atoms with E-state index < -0.39 is 16.9 Å². The standard InChI is InChI=1S/C11H13ClN2O4/c1-6(2)10(11(15)16)13-8-5-7(12)3-4-9(8)14(17)18/h3-6,10,13H,1-2H3,(H,15,16). The number of carboxylic acids is 1. The normalized spacial score (nSPS) is 12.2. The van der Waals surface area contributed by atoms with Gasteiger partial charge in [-0.1, -0.05) is 25.4 Å². The highest BCUT2D eigenvalue weighted by Crippen LogP contribution is 2.29. The molecule has 0 radical (unpaired) electrons. The van der Waals surface area contributed by atoms with Crippen molar-refractivity contribution in [3.63, 3.8) is 0 Å². The van der Waals surface area contributed by atoms with Gasteiger partial charge in [-0.3, -0.25) is 10.1 Å². The molecular weight excluding hydrogens is 260 g/mol. The smallest absolute Gasteiger partial charge is 0.326 e. The Bertz CT molecular complexity index is 476. The predicted molar refractivity (Wildman–Crippen MR) is 68.0 cm³/mol. The quantitative estimate of drug-likeness (QED) is 0.635. The summed E-state index contributed by atoms with van der Waals surface area (Å²) >= 11 is 5.75. The van der Waals surface area contributed by atoms with Crippen molar-refractivity contribution in [3.05, 3.63) is 33.3 Å². The SMILES string of the molecule is CC(C)C(Nc1cc(Cl)ccc1[N+](=O)[O-])C(=O)O. The number of nitro benzene ring substituents is 1. The van der Waals surface area contributed by atoms with Crippen molar-refractivity contribution in [1.82, 2.24) is 0 Å². The van der Waals surface area contributed by atoms with Crippen LogP contribution in [0.4, 0.5) is 11.4 Å². The van der Waals surface area contributed by atoms with Gasteiger partial charge in [-0.25, -0.2) is 4.79 Å². The first-order valence-corrected chi connectivity index (χ1v) is 5.64. The lowest BCUT2D eigenvalue weighted by molar-refractivity contribution is -0.384. The summed E-state index contributed by atoms with van der Waals surface area (Å²) in [4.78, 5) is 21.3. The van der Waals surface area contributed by atoms with E-state index in [4.69, 9.17) is 16.7 Å². The molecule has 0 fully saturated rings. The fourth-order valence-electron chi connectivity index (χ4n) is 1.46. The molecule has 1 unspecified atom stereocenters. The average molecular weight is 273 g/mol. The van der Waals surface area contributed by atoms with Crippen molar-refractivity contribution in [1.29, 1.82) is 0 Å². The lowest BCUT2D eigenvalue weighted by Crippen LogP contribution is -2.34. The minimum absolute atomic E-state index is 0.105. The molecule has 0 aliphatic rings. The fraction of sp³-hybridized carbons (Fsp3) is 0.364. The molecule has 18 heavy (non-hydrogen) atoms. The average Bonchev–Trinajstić information content (AvgIpc) is 2.24. The summed E-state index contributed by atoms with van der Waals surface area (Å²) in [5, 5.41) is 22.8. The van der Waals surface area contributed by atoms with E-state index in [1.54, 1.807) is 13.8 Å². The van der Waals surface area contributed by atoms with E-state index in [-0.39, 0.29) is 17.3 Å². The van der Waals surface area contributed by atoms with Crippen LogP contribution in [0.3, 0.4) is 0 Å². The zero-order valence-corrected chi connectivity index (χ0v) is 10.6. The van der Waals surface area contributed by atoms with Crippen LogP contribution in [0.15, 0.2) is 18.2 Å². The molecule has 0 amide bonds. The summed E-state index contributed by atoms with van der Waals surface area (Å²) in [6.07, 6.45) is 0. The highest BCUT2D eigenvalue weighted by Gasteiger charge is 2.24. The molecule has 0 aromatic heterocycles. The van der Waals surface area contributed by atoms with E-state index in [1.807, 2.05) is 0 Å². The van der Waals surface area contributed by atoms with Gasteiger partial charge in [0.2, 0.25) is 0 Å². The van der Waals surface area contributed by atoms with Crippen LogP contribution in [-0.4, -0.2) is 22.0 Å². The van der Waals surface area contributed by atoms with Crippen molar-refractivity contribution in [2.45, 2.75) is 19.9 Å². The van der Waals surface area contributed by atoms with Gasteiger partial charge < -0.3 is 10.4 Å². The van der Waals surface area contributed by atoms with E-state index in [1.165, 1.54) is 18.2 Å². The molecule has 0 saturated heterocycles. The minimum atomic E-state index is -1.07. The van der Waals surface area contributed by atoms with Crippen LogP contribution in [0.5, 0.6) is 0 Å². The van der Waals surface area contributed by atoms with Gasteiger partial charge in [0.05, 0.1) is 4.92 Å². The Kier molecular flexibility index (Phi) is 4.49. The van der Waals surface area contributed by atoms with Crippen LogP contribution < -0.4 is 5.32 Å². The molecule has 0 aliphatic carbocycles. The summed E-state index contributed by atoms with van der Waals surface area (Å²) in [5.74, 6) is -1.29. The maximum absolute atomic E-state index is 11.0. The highest BCUT2D eigenvalue weighted by atomic mass is 35.5. The Morgan fingerprint density at radius 3 is 2.56 bits per heavy atom. The number of halogens is 1. The molecule has 6 nitrogen and oxygen atoms in total. The van der Waals surface area contributed by atoms with Gasteiger partial charge in [0.1, 0.15) is 11.7 Å². The molecule has 0 spiro atoms. The number of carboxylic acid groups (broad SMARTS) is 1. The summed E-state index contributed by atoms with van der Waals surface area (Å²) in [6.45, 7) is 3.42. The second-order valence-electron chi connectivity index (χ2n) is 4.12. The molecule has 1 aromatic rings. The van der Waals surface area contributed by atoms with Crippen molar-refractivity contribution in [2.75, 3.05) is 5.32 Å². The Labute approximate surface area is 109 Å². The van der Waals surface area contributed by atoms with Crippen LogP contribution in [0, 0.1) is 16.0 Å². The molecule has 2 N–H and O–H groups in total. The molecule has 0 heterocycles. The van der Waals surface area contributed by atoms with Gasteiger partial charge in [-0.15, -0.1) is 0 Å². The van der Waals surface area contributed by atoms with E-state index in [9.17, 15) is 14.9 Å². The Morgan fingerprint density at radius 1 is 1.50 bits per heavy atom. The Hall–Kier alpha value is -1.82. The summed E-state index contributed by atoms with van der Waals surface area (Å²) in [7, 11) is 0. The Balaban J connectivity index is 3.12. The topological polar surface area (TPSA) is 92.5 Å². The van der Waals surface area contributed by atoms with Crippen molar-refractivity contribution >= 4 is 28.9 Å². The number of hydrogen-bond donors (Lipinski definition) is 2.